The number of hydrogen-bond acceptors (Lipinski definition) is 5. The molecule has 0 bridgehead atoms. The quantitative estimate of drug-likeness (QED) is 0.752. The molecule has 1 amide bonds. The summed E-state index contributed by atoms with van der Waals surface area (Å²) in [5, 5.41) is 0. The Kier molecular flexibility index (Phi) is 3.76. The minimum atomic E-state index is -0.0918. The molecule has 3 rings (SSSR count). The number of H-pyrrole nitrogens is 1. The van der Waals surface area contributed by atoms with Gasteiger partial charge in [-0.15, -0.1) is 0 Å². The lowest BCUT2D eigenvalue weighted by Gasteiger charge is -2.19. The molecule has 0 saturated carbocycles. The molecule has 3 aromatic rings. The number of fused-ring (bicyclic) bond motifs is 1. The van der Waals surface area contributed by atoms with E-state index in [4.69, 9.17) is 12.2 Å². The highest BCUT2D eigenvalue weighted by Gasteiger charge is 2.17. The van der Waals surface area contributed by atoms with Gasteiger partial charge in [-0.2, -0.15) is 0 Å². The lowest BCUT2D eigenvalue weighted by molar-refractivity contribution is 0.0987. The van der Waals surface area contributed by atoms with Gasteiger partial charge in [0.25, 0.3) is 5.91 Å². The molecule has 106 valence electrons. The topological polar surface area (TPSA) is 61.9 Å². The minimum Gasteiger partial charge on any atom is -0.336 e. The molecule has 3 heterocycles. The van der Waals surface area contributed by atoms with Crippen molar-refractivity contribution in [3.63, 3.8) is 0 Å². The van der Waals surface area contributed by atoms with Crippen LogP contribution in [0.1, 0.15) is 17.3 Å². The number of carbonyl (C=O) groups is 1. The van der Waals surface area contributed by atoms with E-state index < -0.39 is 0 Å². The molecule has 0 atom stereocenters. The molecule has 3 aromatic heterocycles. The lowest BCUT2D eigenvalue weighted by Crippen LogP contribution is -2.31. The van der Waals surface area contributed by atoms with E-state index in [1.807, 2.05) is 19.1 Å². The zero-order chi connectivity index (χ0) is 14.8. The third-order valence-corrected chi connectivity index (χ3v) is 4.18. The van der Waals surface area contributed by atoms with Crippen molar-refractivity contribution in [2.24, 2.45) is 0 Å². The molecule has 0 aliphatic rings. The van der Waals surface area contributed by atoms with Crippen LogP contribution in [0.5, 0.6) is 0 Å². The van der Waals surface area contributed by atoms with Gasteiger partial charge < -0.3 is 4.98 Å². The average molecular weight is 316 g/mol. The number of hydrogen-bond donors (Lipinski definition) is 1. The maximum atomic E-state index is 12.6. The lowest BCUT2D eigenvalue weighted by atomic mass is 10.2. The third-order valence-electron chi connectivity index (χ3n) is 3.04. The van der Waals surface area contributed by atoms with Gasteiger partial charge in [-0.3, -0.25) is 14.7 Å². The van der Waals surface area contributed by atoms with E-state index in [2.05, 4.69) is 15.0 Å². The fourth-order valence-corrected chi connectivity index (χ4v) is 3.09. The molecule has 0 aromatic carbocycles. The van der Waals surface area contributed by atoms with Crippen LogP contribution in [0.3, 0.4) is 0 Å². The Morgan fingerprint density at radius 1 is 1.33 bits per heavy atom. The van der Waals surface area contributed by atoms with E-state index in [1.54, 1.807) is 29.4 Å². The number of aromatic amines is 1. The number of anilines is 1. The molecule has 5 nitrogen and oxygen atoms in total. The van der Waals surface area contributed by atoms with E-state index in [1.165, 1.54) is 11.3 Å². The van der Waals surface area contributed by atoms with Gasteiger partial charge in [-0.25, -0.2) is 4.98 Å². The van der Waals surface area contributed by atoms with Crippen LogP contribution in [0.15, 0.2) is 36.7 Å². The third kappa shape index (κ3) is 2.70. The minimum absolute atomic E-state index is 0.0918. The molecule has 0 fully saturated rings. The molecule has 0 spiro atoms. The van der Waals surface area contributed by atoms with Crippen LogP contribution in [0.25, 0.3) is 10.3 Å². The molecular formula is C14H12N4OS2. The van der Waals surface area contributed by atoms with Crippen LogP contribution in [-0.2, 0) is 0 Å². The van der Waals surface area contributed by atoms with Gasteiger partial charge in [-0.05, 0) is 43.4 Å². The highest BCUT2D eigenvalue weighted by molar-refractivity contribution is 7.73. The fraction of sp³-hybridized carbons (Fsp3) is 0.143. The van der Waals surface area contributed by atoms with Crippen LogP contribution in [0.2, 0.25) is 0 Å². The van der Waals surface area contributed by atoms with Gasteiger partial charge >= 0.3 is 0 Å². The first-order valence-electron chi connectivity index (χ1n) is 6.41. The number of aromatic nitrogens is 3. The molecule has 1 N–H and O–H groups in total. The highest BCUT2D eigenvalue weighted by atomic mass is 32.1. The summed E-state index contributed by atoms with van der Waals surface area (Å²) in [5.41, 5.74) is 1.48. The zero-order valence-electron chi connectivity index (χ0n) is 11.2. The average Bonchev–Trinajstić information content (AvgIpc) is 2.88. The Hall–Kier alpha value is -2.12. The van der Waals surface area contributed by atoms with Crippen molar-refractivity contribution in [2.75, 3.05) is 11.4 Å². The van der Waals surface area contributed by atoms with Crippen molar-refractivity contribution < 1.29 is 4.79 Å². The summed E-state index contributed by atoms with van der Waals surface area (Å²) in [7, 11) is 0. The van der Waals surface area contributed by atoms with Gasteiger partial charge in [0.15, 0.2) is 3.95 Å². The molecular weight excluding hydrogens is 304 g/mol. The molecule has 0 aliphatic heterocycles. The van der Waals surface area contributed by atoms with Crippen molar-refractivity contribution in [1.82, 2.24) is 15.0 Å². The molecule has 0 saturated heterocycles. The first kappa shape index (κ1) is 13.8. The Morgan fingerprint density at radius 2 is 2.10 bits per heavy atom. The summed E-state index contributed by atoms with van der Waals surface area (Å²) in [5.74, 6) is 0.531. The second-order valence-electron chi connectivity index (χ2n) is 4.32. The summed E-state index contributed by atoms with van der Waals surface area (Å²) in [4.78, 5) is 26.5. The number of thiazole rings is 1. The van der Waals surface area contributed by atoms with Crippen LogP contribution in [0.4, 0.5) is 5.82 Å². The number of pyridine rings is 2. The normalized spacial score (nSPS) is 10.7. The second kappa shape index (κ2) is 5.71. The Balaban J connectivity index is 2.01. The molecule has 0 unspecified atom stereocenters. The predicted octanol–water partition coefficient (Wildman–Crippen LogP) is 3.42. The van der Waals surface area contributed by atoms with Crippen molar-refractivity contribution >= 4 is 45.6 Å². The summed E-state index contributed by atoms with van der Waals surface area (Å²) >= 11 is 6.52. The van der Waals surface area contributed by atoms with Crippen LogP contribution >= 0.6 is 23.6 Å². The SMILES string of the molecule is CCN(C(=O)c1ccncc1)c1ccc2[nH]c(=S)sc2n1. The van der Waals surface area contributed by atoms with E-state index in [9.17, 15) is 4.79 Å². The van der Waals surface area contributed by atoms with Crippen molar-refractivity contribution in [3.8, 4) is 0 Å². The van der Waals surface area contributed by atoms with Crippen molar-refractivity contribution in [2.45, 2.75) is 6.92 Å². The number of amides is 1. The fourth-order valence-electron chi connectivity index (χ4n) is 2.04. The van der Waals surface area contributed by atoms with Gasteiger partial charge in [-0.1, -0.05) is 11.3 Å². The first-order valence-corrected chi connectivity index (χ1v) is 7.63. The monoisotopic (exact) mass is 316 g/mol. The summed E-state index contributed by atoms with van der Waals surface area (Å²) in [6, 6.07) is 7.11. The van der Waals surface area contributed by atoms with E-state index in [0.717, 1.165) is 10.3 Å². The van der Waals surface area contributed by atoms with Crippen LogP contribution in [0, 0.1) is 3.95 Å². The zero-order valence-corrected chi connectivity index (χ0v) is 12.9. The maximum Gasteiger partial charge on any atom is 0.259 e. The van der Waals surface area contributed by atoms with Gasteiger partial charge in [0.05, 0.1) is 5.52 Å². The van der Waals surface area contributed by atoms with E-state index in [-0.39, 0.29) is 5.91 Å². The van der Waals surface area contributed by atoms with Crippen LogP contribution in [-0.4, -0.2) is 27.4 Å². The standard InChI is InChI=1S/C14H12N4OS2/c1-2-18(13(19)9-5-7-15-8-6-9)11-4-3-10-12(17-11)21-14(20)16-10/h3-8H,2H2,1H3,(H,16,20). The smallest absolute Gasteiger partial charge is 0.259 e. The Morgan fingerprint density at radius 3 is 2.81 bits per heavy atom. The Bertz CT molecular complexity index is 841. The van der Waals surface area contributed by atoms with Gasteiger partial charge in [0.1, 0.15) is 10.6 Å². The first-order chi connectivity index (χ1) is 10.2. The summed E-state index contributed by atoms with van der Waals surface area (Å²) < 4.78 is 0.679. The molecule has 7 heteroatoms. The Labute approximate surface area is 130 Å². The molecule has 0 radical (unpaired) electrons. The van der Waals surface area contributed by atoms with Crippen molar-refractivity contribution in [3.05, 3.63) is 46.2 Å². The summed E-state index contributed by atoms with van der Waals surface area (Å²) in [6.07, 6.45) is 3.21. The summed E-state index contributed by atoms with van der Waals surface area (Å²) in [6.45, 7) is 2.46. The molecule has 21 heavy (non-hydrogen) atoms. The number of carbonyl (C=O) groups excluding carboxylic acids is 1. The maximum absolute atomic E-state index is 12.6. The van der Waals surface area contributed by atoms with E-state index >= 15 is 0 Å². The molecule has 0 aliphatic carbocycles. The van der Waals surface area contributed by atoms with Crippen LogP contribution < -0.4 is 4.90 Å². The van der Waals surface area contributed by atoms with E-state index in [0.29, 0.717) is 21.9 Å². The number of nitrogens with one attached hydrogen (secondary N) is 1. The predicted molar refractivity (Wildman–Crippen MR) is 86.4 cm³/mol. The van der Waals surface area contributed by atoms with Gasteiger partial charge in [0.2, 0.25) is 0 Å². The van der Waals surface area contributed by atoms with Crippen molar-refractivity contribution in [1.29, 1.82) is 0 Å². The second-order valence-corrected chi connectivity index (χ2v) is 5.99. The van der Waals surface area contributed by atoms with Gasteiger partial charge in [0, 0.05) is 24.5 Å². The largest absolute Gasteiger partial charge is 0.336 e. The number of rotatable bonds is 3. The number of nitrogens with zero attached hydrogens (tertiary/aromatic N) is 3. The highest BCUT2D eigenvalue weighted by Crippen LogP contribution is 2.22.